The van der Waals surface area contributed by atoms with E-state index in [2.05, 4.69) is 5.32 Å². The highest BCUT2D eigenvalue weighted by Gasteiger charge is 2.21. The summed E-state index contributed by atoms with van der Waals surface area (Å²) >= 11 is 6.12. The Balaban J connectivity index is 1.79. The summed E-state index contributed by atoms with van der Waals surface area (Å²) in [6.45, 7) is 5.19. The number of rotatable bonds is 5. The number of anilines is 1. The number of carbonyl (C=O) groups excluding carboxylic acids is 2. The molecule has 3 rings (SSSR count). The first-order chi connectivity index (χ1) is 12.5. The van der Waals surface area contributed by atoms with Gasteiger partial charge in [0.1, 0.15) is 0 Å². The SMILES string of the molecule is CCN(CC)C(=O)c1cccc(NC(=O)c2cc(Cl)c3c(c2)OCO3)c1. The number of amides is 2. The third-order valence-electron chi connectivity index (χ3n) is 4.11. The van der Waals surface area contributed by atoms with Gasteiger partial charge in [-0.05, 0) is 44.2 Å². The molecule has 0 aliphatic carbocycles. The average Bonchev–Trinajstić information content (AvgIpc) is 3.12. The van der Waals surface area contributed by atoms with Crippen molar-refractivity contribution in [1.82, 2.24) is 4.90 Å². The number of hydrogen-bond donors (Lipinski definition) is 1. The third kappa shape index (κ3) is 3.60. The number of fused-ring (bicyclic) bond motifs is 1. The molecular weight excluding hydrogens is 356 g/mol. The van der Waals surface area contributed by atoms with Gasteiger partial charge in [0.15, 0.2) is 11.5 Å². The molecule has 1 aliphatic heterocycles. The van der Waals surface area contributed by atoms with Crippen molar-refractivity contribution in [2.45, 2.75) is 13.8 Å². The number of carbonyl (C=O) groups is 2. The van der Waals surface area contributed by atoms with Crippen LogP contribution < -0.4 is 14.8 Å². The molecule has 0 fully saturated rings. The van der Waals surface area contributed by atoms with Crippen molar-refractivity contribution in [3.05, 3.63) is 52.5 Å². The van der Waals surface area contributed by atoms with Gasteiger partial charge in [-0.2, -0.15) is 0 Å². The maximum Gasteiger partial charge on any atom is 0.255 e. The maximum atomic E-state index is 12.5. The van der Waals surface area contributed by atoms with Gasteiger partial charge in [-0.15, -0.1) is 0 Å². The predicted octanol–water partition coefficient (Wildman–Crippen LogP) is 3.80. The number of hydrogen-bond acceptors (Lipinski definition) is 4. The molecule has 0 saturated carbocycles. The highest BCUT2D eigenvalue weighted by atomic mass is 35.5. The Morgan fingerprint density at radius 3 is 2.62 bits per heavy atom. The highest BCUT2D eigenvalue weighted by molar-refractivity contribution is 6.32. The fourth-order valence-electron chi connectivity index (χ4n) is 2.73. The largest absolute Gasteiger partial charge is 0.454 e. The van der Waals surface area contributed by atoms with Crippen LogP contribution >= 0.6 is 11.6 Å². The van der Waals surface area contributed by atoms with E-state index in [4.69, 9.17) is 21.1 Å². The van der Waals surface area contributed by atoms with Crippen molar-refractivity contribution in [3.8, 4) is 11.5 Å². The summed E-state index contributed by atoms with van der Waals surface area (Å²) in [5.74, 6) is 0.456. The van der Waals surface area contributed by atoms with Crippen LogP contribution in [0.2, 0.25) is 5.02 Å². The summed E-state index contributed by atoms with van der Waals surface area (Å²) in [4.78, 5) is 26.7. The monoisotopic (exact) mass is 374 g/mol. The van der Waals surface area contributed by atoms with Crippen LogP contribution in [0.15, 0.2) is 36.4 Å². The first-order valence-electron chi connectivity index (χ1n) is 8.33. The Kier molecular flexibility index (Phi) is 5.32. The van der Waals surface area contributed by atoms with E-state index in [1.54, 1.807) is 35.2 Å². The molecule has 26 heavy (non-hydrogen) atoms. The van der Waals surface area contributed by atoms with E-state index in [1.165, 1.54) is 6.07 Å². The van der Waals surface area contributed by atoms with Gasteiger partial charge < -0.3 is 19.7 Å². The van der Waals surface area contributed by atoms with Gasteiger partial charge in [0.05, 0.1) is 5.02 Å². The van der Waals surface area contributed by atoms with E-state index in [0.29, 0.717) is 46.4 Å². The zero-order chi connectivity index (χ0) is 18.7. The van der Waals surface area contributed by atoms with E-state index >= 15 is 0 Å². The summed E-state index contributed by atoms with van der Waals surface area (Å²) in [6, 6.07) is 9.95. The standard InChI is InChI=1S/C19H19ClN2O4/c1-3-22(4-2)19(24)12-6-5-7-14(8-12)21-18(23)13-9-15(20)17-16(10-13)25-11-26-17/h5-10H,3-4,11H2,1-2H3,(H,21,23). The summed E-state index contributed by atoms with van der Waals surface area (Å²) < 4.78 is 10.5. The number of ether oxygens (including phenoxy) is 2. The molecule has 0 atom stereocenters. The van der Waals surface area contributed by atoms with Crippen LogP contribution in [0.4, 0.5) is 5.69 Å². The van der Waals surface area contributed by atoms with Gasteiger partial charge in [0.25, 0.3) is 11.8 Å². The Morgan fingerprint density at radius 2 is 1.88 bits per heavy atom. The van der Waals surface area contributed by atoms with Crippen molar-refractivity contribution in [2.75, 3.05) is 25.2 Å². The lowest BCUT2D eigenvalue weighted by Crippen LogP contribution is -2.30. The van der Waals surface area contributed by atoms with Gasteiger partial charge in [-0.3, -0.25) is 9.59 Å². The van der Waals surface area contributed by atoms with Gasteiger partial charge in [-0.1, -0.05) is 17.7 Å². The third-order valence-corrected chi connectivity index (χ3v) is 4.39. The summed E-state index contributed by atoms with van der Waals surface area (Å²) in [5, 5.41) is 3.10. The predicted molar refractivity (Wildman–Crippen MR) is 99.2 cm³/mol. The second-order valence-corrected chi connectivity index (χ2v) is 6.11. The zero-order valence-electron chi connectivity index (χ0n) is 14.5. The van der Waals surface area contributed by atoms with Crippen molar-refractivity contribution in [2.24, 2.45) is 0 Å². The molecule has 0 unspecified atom stereocenters. The normalized spacial score (nSPS) is 12.0. The summed E-state index contributed by atoms with van der Waals surface area (Å²) in [7, 11) is 0. The van der Waals surface area contributed by atoms with E-state index in [1.807, 2.05) is 13.8 Å². The number of benzene rings is 2. The Labute approximate surface area is 156 Å². The lowest BCUT2D eigenvalue weighted by atomic mass is 10.1. The van der Waals surface area contributed by atoms with Crippen molar-refractivity contribution < 1.29 is 19.1 Å². The second-order valence-electron chi connectivity index (χ2n) is 5.70. The number of nitrogens with zero attached hydrogens (tertiary/aromatic N) is 1. The average molecular weight is 375 g/mol. The fraction of sp³-hybridized carbons (Fsp3) is 0.263. The van der Waals surface area contributed by atoms with Crippen LogP contribution in [-0.2, 0) is 0 Å². The number of halogens is 1. The van der Waals surface area contributed by atoms with E-state index in [9.17, 15) is 9.59 Å². The lowest BCUT2D eigenvalue weighted by Gasteiger charge is -2.19. The Hall–Kier alpha value is -2.73. The molecule has 1 N–H and O–H groups in total. The molecule has 2 amide bonds. The minimum absolute atomic E-state index is 0.0720. The van der Waals surface area contributed by atoms with Crippen LogP contribution in [0.25, 0.3) is 0 Å². The molecule has 7 heteroatoms. The molecule has 136 valence electrons. The van der Waals surface area contributed by atoms with E-state index < -0.39 is 0 Å². The molecule has 2 aromatic rings. The quantitative estimate of drug-likeness (QED) is 0.864. The first-order valence-corrected chi connectivity index (χ1v) is 8.71. The fourth-order valence-corrected chi connectivity index (χ4v) is 2.99. The molecule has 2 aromatic carbocycles. The van der Waals surface area contributed by atoms with Gasteiger partial charge in [0, 0.05) is 29.9 Å². The minimum Gasteiger partial charge on any atom is -0.454 e. The van der Waals surface area contributed by atoms with Crippen molar-refractivity contribution in [1.29, 1.82) is 0 Å². The molecule has 0 bridgehead atoms. The second kappa shape index (κ2) is 7.66. The summed E-state index contributed by atoms with van der Waals surface area (Å²) in [6.07, 6.45) is 0. The maximum absolute atomic E-state index is 12.5. The summed E-state index contributed by atoms with van der Waals surface area (Å²) in [5.41, 5.74) is 1.40. The highest BCUT2D eigenvalue weighted by Crippen LogP contribution is 2.39. The molecule has 0 radical (unpaired) electrons. The molecule has 1 heterocycles. The topological polar surface area (TPSA) is 67.9 Å². The molecule has 1 aliphatic rings. The van der Waals surface area contributed by atoms with Crippen LogP contribution in [-0.4, -0.2) is 36.6 Å². The minimum atomic E-state index is -0.349. The van der Waals surface area contributed by atoms with Crippen LogP contribution in [0.5, 0.6) is 11.5 Å². The molecule has 0 aromatic heterocycles. The first kappa shape index (κ1) is 18.1. The zero-order valence-corrected chi connectivity index (χ0v) is 15.3. The van der Waals surface area contributed by atoms with Crippen molar-refractivity contribution in [3.63, 3.8) is 0 Å². The van der Waals surface area contributed by atoms with E-state index in [0.717, 1.165) is 0 Å². The molecule has 0 spiro atoms. The lowest BCUT2D eigenvalue weighted by molar-refractivity contribution is 0.0772. The molecule has 6 nitrogen and oxygen atoms in total. The molecule has 0 saturated heterocycles. The number of nitrogens with one attached hydrogen (secondary N) is 1. The van der Waals surface area contributed by atoms with Crippen LogP contribution in [0.1, 0.15) is 34.6 Å². The van der Waals surface area contributed by atoms with Crippen LogP contribution in [0, 0.1) is 0 Å². The van der Waals surface area contributed by atoms with Crippen molar-refractivity contribution >= 4 is 29.1 Å². The van der Waals surface area contributed by atoms with E-state index in [-0.39, 0.29) is 18.6 Å². The Morgan fingerprint density at radius 1 is 1.12 bits per heavy atom. The Bertz CT molecular complexity index is 849. The molecular formula is C19H19ClN2O4. The van der Waals surface area contributed by atoms with Crippen LogP contribution in [0.3, 0.4) is 0 Å². The smallest absolute Gasteiger partial charge is 0.255 e. The van der Waals surface area contributed by atoms with Gasteiger partial charge in [-0.25, -0.2) is 0 Å². The van der Waals surface area contributed by atoms with Gasteiger partial charge >= 0.3 is 0 Å². The van der Waals surface area contributed by atoms with Gasteiger partial charge in [0.2, 0.25) is 6.79 Å².